The second-order valence-electron chi connectivity index (χ2n) is 8.09. The summed E-state index contributed by atoms with van der Waals surface area (Å²) < 4.78 is 1.38. The summed E-state index contributed by atoms with van der Waals surface area (Å²) in [4.78, 5) is 41.9. The largest absolute Gasteiger partial charge is 0.481 e. The average Bonchev–Trinajstić information content (AvgIpc) is 2.80. The Morgan fingerprint density at radius 1 is 1.03 bits per heavy atom. The summed E-state index contributed by atoms with van der Waals surface area (Å²) >= 11 is 0. The van der Waals surface area contributed by atoms with Crippen molar-refractivity contribution < 1.29 is 14.7 Å². The molecule has 1 atom stereocenters. The smallest absolute Gasteiger partial charge is 0.306 e. The molecule has 4 rings (SSSR count). The Morgan fingerprint density at radius 3 is 2.42 bits per heavy atom. The van der Waals surface area contributed by atoms with Crippen molar-refractivity contribution in [3.63, 3.8) is 0 Å². The lowest BCUT2D eigenvalue weighted by atomic mass is 9.82. The summed E-state index contributed by atoms with van der Waals surface area (Å²) in [7, 11) is 0. The second kappa shape index (κ2) is 9.12. The minimum atomic E-state index is -0.832. The Balaban J connectivity index is 1.57. The molecule has 1 fully saturated rings. The minimum Gasteiger partial charge on any atom is -0.481 e. The van der Waals surface area contributed by atoms with Crippen LogP contribution in [0.2, 0.25) is 0 Å². The number of rotatable bonds is 6. The van der Waals surface area contributed by atoms with Crippen LogP contribution in [0.1, 0.15) is 37.3 Å². The first-order valence-electron chi connectivity index (χ1n) is 10.6. The fourth-order valence-electron chi connectivity index (χ4n) is 4.30. The van der Waals surface area contributed by atoms with Gasteiger partial charge >= 0.3 is 5.97 Å². The van der Waals surface area contributed by atoms with E-state index in [9.17, 15) is 14.4 Å². The molecule has 1 aliphatic carbocycles. The highest BCUT2D eigenvalue weighted by molar-refractivity contribution is 5.84. The van der Waals surface area contributed by atoms with Crippen molar-refractivity contribution in [1.29, 1.82) is 0 Å². The molecule has 7 nitrogen and oxygen atoms in total. The van der Waals surface area contributed by atoms with Gasteiger partial charge in [0.05, 0.1) is 23.1 Å². The molecule has 0 spiro atoms. The number of nitrogens with zero attached hydrogens (tertiary/aromatic N) is 2. The Labute approximate surface area is 179 Å². The van der Waals surface area contributed by atoms with Crippen LogP contribution in [0.4, 0.5) is 0 Å². The van der Waals surface area contributed by atoms with Crippen LogP contribution in [-0.4, -0.2) is 33.1 Å². The van der Waals surface area contributed by atoms with Crippen molar-refractivity contribution >= 4 is 22.8 Å². The second-order valence-corrected chi connectivity index (χ2v) is 8.09. The van der Waals surface area contributed by atoms with Gasteiger partial charge < -0.3 is 10.4 Å². The highest BCUT2D eigenvalue weighted by Gasteiger charge is 2.28. The molecule has 0 aliphatic heterocycles. The molecule has 1 aliphatic rings. The Hall–Kier alpha value is -3.48. The maximum absolute atomic E-state index is 13.3. The summed E-state index contributed by atoms with van der Waals surface area (Å²) in [5.41, 5.74) is 1.02. The van der Waals surface area contributed by atoms with Gasteiger partial charge in [0.2, 0.25) is 5.91 Å². The molecule has 160 valence electrons. The molecule has 3 aromatic rings. The summed E-state index contributed by atoms with van der Waals surface area (Å²) in [6.45, 7) is 0.463. The third-order valence-corrected chi connectivity index (χ3v) is 6.09. The first kappa shape index (κ1) is 20.8. The third kappa shape index (κ3) is 4.50. The van der Waals surface area contributed by atoms with E-state index in [0.29, 0.717) is 35.9 Å². The first-order chi connectivity index (χ1) is 15.0. The maximum Gasteiger partial charge on any atom is 0.306 e. The van der Waals surface area contributed by atoms with Gasteiger partial charge in [-0.15, -0.1) is 0 Å². The van der Waals surface area contributed by atoms with Gasteiger partial charge in [-0.25, -0.2) is 4.98 Å². The lowest BCUT2D eigenvalue weighted by molar-refractivity contribution is -0.143. The Bertz CT molecular complexity index is 1130. The average molecular weight is 419 g/mol. The quantitative estimate of drug-likeness (QED) is 0.640. The van der Waals surface area contributed by atoms with Gasteiger partial charge in [-0.1, -0.05) is 42.5 Å². The van der Waals surface area contributed by atoms with E-state index in [0.717, 1.165) is 12.8 Å². The third-order valence-electron chi connectivity index (χ3n) is 6.09. The van der Waals surface area contributed by atoms with Crippen LogP contribution in [0.15, 0.2) is 65.7 Å². The van der Waals surface area contributed by atoms with Crippen molar-refractivity contribution in [2.45, 2.75) is 31.7 Å². The molecule has 1 saturated carbocycles. The SMILES string of the molecule is O=C(O)C1CCC(CNC(=O)C(c2ccccc2)n2cnc3ccccc3c2=O)CC1. The number of fused-ring (bicyclic) bond motifs is 1. The zero-order chi connectivity index (χ0) is 21.8. The van der Waals surface area contributed by atoms with Crippen LogP contribution in [0.5, 0.6) is 0 Å². The number of carbonyl (C=O) groups is 2. The number of carboxylic acids is 1. The van der Waals surface area contributed by atoms with E-state index in [4.69, 9.17) is 5.11 Å². The van der Waals surface area contributed by atoms with Gasteiger partial charge in [0, 0.05) is 6.54 Å². The van der Waals surface area contributed by atoms with Gasteiger partial charge in [0.1, 0.15) is 6.04 Å². The first-order valence-corrected chi connectivity index (χ1v) is 10.6. The van der Waals surface area contributed by atoms with Crippen molar-refractivity contribution in [2.75, 3.05) is 6.54 Å². The topological polar surface area (TPSA) is 101 Å². The van der Waals surface area contributed by atoms with Gasteiger partial charge in [-0.3, -0.25) is 19.0 Å². The molecule has 31 heavy (non-hydrogen) atoms. The van der Waals surface area contributed by atoms with E-state index in [2.05, 4.69) is 10.3 Å². The lowest BCUT2D eigenvalue weighted by Crippen LogP contribution is -2.40. The van der Waals surface area contributed by atoms with Crippen molar-refractivity contribution in [3.8, 4) is 0 Å². The van der Waals surface area contributed by atoms with E-state index < -0.39 is 12.0 Å². The summed E-state index contributed by atoms with van der Waals surface area (Å²) in [5, 5.41) is 12.6. The molecule has 1 aromatic heterocycles. The number of carbonyl (C=O) groups excluding carboxylic acids is 1. The number of aromatic nitrogens is 2. The highest BCUT2D eigenvalue weighted by atomic mass is 16.4. The van der Waals surface area contributed by atoms with E-state index in [1.54, 1.807) is 18.2 Å². The van der Waals surface area contributed by atoms with Crippen LogP contribution >= 0.6 is 0 Å². The van der Waals surface area contributed by atoms with Gasteiger partial charge in [0.25, 0.3) is 5.56 Å². The van der Waals surface area contributed by atoms with E-state index in [-0.39, 0.29) is 23.3 Å². The fraction of sp³-hybridized carbons (Fsp3) is 0.333. The number of para-hydroxylation sites is 1. The van der Waals surface area contributed by atoms with Crippen LogP contribution in [0.25, 0.3) is 10.9 Å². The zero-order valence-electron chi connectivity index (χ0n) is 17.1. The predicted molar refractivity (Wildman–Crippen MR) is 117 cm³/mol. The molecule has 0 bridgehead atoms. The van der Waals surface area contributed by atoms with Crippen molar-refractivity contribution in [2.24, 2.45) is 11.8 Å². The number of nitrogens with one attached hydrogen (secondary N) is 1. The molecule has 1 unspecified atom stereocenters. The minimum absolute atomic E-state index is 0.238. The fourth-order valence-corrected chi connectivity index (χ4v) is 4.30. The highest BCUT2D eigenvalue weighted by Crippen LogP contribution is 2.28. The van der Waals surface area contributed by atoms with Crippen LogP contribution in [-0.2, 0) is 9.59 Å². The molecule has 1 amide bonds. The normalized spacial score (nSPS) is 19.6. The molecule has 2 N–H and O–H groups in total. The van der Waals surface area contributed by atoms with Gasteiger partial charge in [0.15, 0.2) is 0 Å². The van der Waals surface area contributed by atoms with E-state index >= 15 is 0 Å². The number of benzene rings is 2. The van der Waals surface area contributed by atoms with Crippen molar-refractivity contribution in [3.05, 3.63) is 76.8 Å². The molecular formula is C24H25N3O4. The standard InChI is InChI=1S/C24H25N3O4/c28-22(25-14-16-10-12-18(13-11-16)24(30)31)21(17-6-2-1-3-7-17)27-15-26-20-9-5-4-8-19(20)23(27)29/h1-9,15-16,18,21H,10-14H2,(H,25,28)(H,30,31). The Morgan fingerprint density at radius 2 is 1.71 bits per heavy atom. The Kier molecular flexibility index (Phi) is 6.11. The monoisotopic (exact) mass is 419 g/mol. The maximum atomic E-state index is 13.3. The summed E-state index contributed by atoms with van der Waals surface area (Å²) in [6, 6.07) is 15.4. The van der Waals surface area contributed by atoms with Crippen LogP contribution < -0.4 is 10.9 Å². The molecule has 0 radical (unpaired) electrons. The number of amides is 1. The molecule has 0 saturated heterocycles. The number of aliphatic carboxylic acids is 1. The van der Waals surface area contributed by atoms with Crippen molar-refractivity contribution in [1.82, 2.24) is 14.9 Å². The van der Waals surface area contributed by atoms with E-state index in [1.807, 2.05) is 36.4 Å². The van der Waals surface area contributed by atoms with Crippen LogP contribution in [0, 0.1) is 11.8 Å². The number of carboxylic acid groups (broad SMARTS) is 1. The molecule has 7 heteroatoms. The molecular weight excluding hydrogens is 394 g/mol. The van der Waals surface area contributed by atoms with E-state index in [1.165, 1.54) is 10.9 Å². The summed E-state index contributed by atoms with van der Waals surface area (Å²) in [6.07, 6.45) is 4.23. The van der Waals surface area contributed by atoms with Gasteiger partial charge in [-0.2, -0.15) is 0 Å². The van der Waals surface area contributed by atoms with Gasteiger partial charge in [-0.05, 0) is 49.3 Å². The number of hydrogen-bond acceptors (Lipinski definition) is 4. The predicted octanol–water partition coefficient (Wildman–Crippen LogP) is 2.99. The van der Waals surface area contributed by atoms with Crippen LogP contribution in [0.3, 0.4) is 0 Å². The molecule has 1 heterocycles. The zero-order valence-corrected chi connectivity index (χ0v) is 17.1. The molecule has 2 aromatic carbocycles. The summed E-state index contributed by atoms with van der Waals surface area (Å²) in [5.74, 6) is -1.06. The number of hydrogen-bond donors (Lipinski definition) is 2. The lowest BCUT2D eigenvalue weighted by Gasteiger charge is -2.27.